The van der Waals surface area contributed by atoms with Gasteiger partial charge in [0.15, 0.2) is 11.5 Å². The Labute approximate surface area is 107 Å². The molecule has 3 aromatic heterocycles. The minimum absolute atomic E-state index is 0.591. The van der Waals surface area contributed by atoms with Crippen molar-refractivity contribution in [1.29, 1.82) is 0 Å². The molecule has 0 bridgehead atoms. The molecule has 96 valence electrons. The summed E-state index contributed by atoms with van der Waals surface area (Å²) in [4.78, 5) is 0. The van der Waals surface area contributed by atoms with Crippen molar-refractivity contribution in [3.63, 3.8) is 0 Å². The van der Waals surface area contributed by atoms with Gasteiger partial charge in [-0.2, -0.15) is 0 Å². The van der Waals surface area contributed by atoms with E-state index in [1.165, 1.54) is 4.63 Å². The first kappa shape index (κ1) is 10.4. The van der Waals surface area contributed by atoms with Gasteiger partial charge in [-0.05, 0) is 29.0 Å². The number of nitrogens with zero attached hydrogens (tertiary/aromatic N) is 8. The van der Waals surface area contributed by atoms with Crippen LogP contribution < -0.4 is 5.32 Å². The van der Waals surface area contributed by atoms with Crippen molar-refractivity contribution >= 4 is 11.5 Å². The van der Waals surface area contributed by atoms with Gasteiger partial charge in [0.05, 0.1) is 6.54 Å². The van der Waals surface area contributed by atoms with E-state index >= 15 is 0 Å². The van der Waals surface area contributed by atoms with Gasteiger partial charge in [0, 0.05) is 13.0 Å². The van der Waals surface area contributed by atoms with E-state index in [0.717, 1.165) is 31.0 Å². The number of hydrogen-bond acceptors (Lipinski definition) is 7. The number of aromatic nitrogens is 8. The number of rotatable bonds is 3. The molecule has 0 aromatic carbocycles. The molecular weight excluding hydrogens is 246 g/mol. The highest BCUT2D eigenvalue weighted by Crippen LogP contribution is 2.14. The van der Waals surface area contributed by atoms with E-state index in [1.807, 2.05) is 12.1 Å². The third kappa shape index (κ3) is 1.70. The molecule has 4 heterocycles. The third-order valence-corrected chi connectivity index (χ3v) is 3.18. The fraction of sp³-hybridized carbons (Fsp3) is 0.400. The summed E-state index contributed by atoms with van der Waals surface area (Å²) in [6, 6.07) is 3.65. The van der Waals surface area contributed by atoms with Gasteiger partial charge in [-0.1, -0.05) is 0 Å². The number of tetrazole rings is 1. The van der Waals surface area contributed by atoms with Crippen LogP contribution in [0.5, 0.6) is 0 Å². The van der Waals surface area contributed by atoms with E-state index in [-0.39, 0.29) is 0 Å². The average molecular weight is 257 g/mol. The minimum atomic E-state index is 0.591. The van der Waals surface area contributed by atoms with Crippen molar-refractivity contribution in [3.8, 4) is 0 Å². The first-order chi connectivity index (χ1) is 9.40. The van der Waals surface area contributed by atoms with E-state index in [0.29, 0.717) is 18.0 Å². The van der Waals surface area contributed by atoms with Crippen molar-refractivity contribution in [1.82, 2.24) is 40.0 Å². The summed E-state index contributed by atoms with van der Waals surface area (Å²) in [5, 5.41) is 26.9. The van der Waals surface area contributed by atoms with Crippen LogP contribution in [0, 0.1) is 0 Å². The molecule has 1 N–H and O–H groups in total. The van der Waals surface area contributed by atoms with E-state index in [1.54, 1.807) is 0 Å². The highest BCUT2D eigenvalue weighted by Gasteiger charge is 2.16. The molecule has 9 nitrogen and oxygen atoms in total. The zero-order valence-corrected chi connectivity index (χ0v) is 10.1. The molecule has 0 unspecified atom stereocenters. The van der Waals surface area contributed by atoms with Crippen LogP contribution in [-0.2, 0) is 19.5 Å². The lowest BCUT2D eigenvalue weighted by molar-refractivity contribution is 0.692. The summed E-state index contributed by atoms with van der Waals surface area (Å²) in [5.74, 6) is 2.71. The highest BCUT2D eigenvalue weighted by molar-refractivity contribution is 5.42. The van der Waals surface area contributed by atoms with Crippen LogP contribution in [0.15, 0.2) is 12.1 Å². The predicted molar refractivity (Wildman–Crippen MR) is 64.2 cm³/mol. The topological polar surface area (TPSA) is 98.7 Å². The summed E-state index contributed by atoms with van der Waals surface area (Å²) in [5.41, 5.74) is 0.619. The summed E-state index contributed by atoms with van der Waals surface area (Å²) < 4.78 is 3.54. The average Bonchev–Trinajstić information content (AvgIpc) is 3.12. The van der Waals surface area contributed by atoms with Gasteiger partial charge in [-0.25, -0.2) is 0 Å². The molecule has 0 atom stereocenters. The standard InChI is InChI=1S/C10H11N9/c1-2-8-12-13-10(18(8)5-1)6-11-7-3-4-9-14-16-17-19(9)15-7/h3-4H,1-2,5-6H2,(H,11,15). The summed E-state index contributed by atoms with van der Waals surface area (Å²) in [6.45, 7) is 1.59. The van der Waals surface area contributed by atoms with Gasteiger partial charge in [-0.15, -0.1) is 25.0 Å². The number of nitrogens with one attached hydrogen (secondary N) is 1. The monoisotopic (exact) mass is 257 g/mol. The Kier molecular flexibility index (Phi) is 2.16. The molecule has 0 radical (unpaired) electrons. The van der Waals surface area contributed by atoms with Gasteiger partial charge < -0.3 is 9.88 Å². The molecule has 1 aliphatic rings. The molecule has 0 saturated carbocycles. The lowest BCUT2D eigenvalue weighted by Gasteiger charge is -2.05. The Morgan fingerprint density at radius 1 is 1.21 bits per heavy atom. The number of aryl methyl sites for hydroxylation is 1. The maximum absolute atomic E-state index is 4.24. The van der Waals surface area contributed by atoms with Crippen LogP contribution >= 0.6 is 0 Å². The minimum Gasteiger partial charge on any atom is -0.361 e. The van der Waals surface area contributed by atoms with Crippen molar-refractivity contribution in [2.45, 2.75) is 25.9 Å². The Hall–Kier alpha value is -2.58. The van der Waals surface area contributed by atoms with Crippen LogP contribution in [0.1, 0.15) is 18.1 Å². The summed E-state index contributed by atoms with van der Waals surface area (Å²) >= 11 is 0. The van der Waals surface area contributed by atoms with Crippen LogP contribution in [0.4, 0.5) is 5.82 Å². The number of fused-ring (bicyclic) bond motifs is 2. The van der Waals surface area contributed by atoms with E-state index in [2.05, 4.69) is 40.7 Å². The molecule has 3 aromatic rings. The second-order valence-corrected chi connectivity index (χ2v) is 4.39. The fourth-order valence-corrected chi connectivity index (χ4v) is 2.26. The lowest BCUT2D eigenvalue weighted by Crippen LogP contribution is -2.09. The first-order valence-electron chi connectivity index (χ1n) is 6.10. The highest BCUT2D eigenvalue weighted by atomic mass is 15.6. The van der Waals surface area contributed by atoms with Gasteiger partial charge in [-0.3, -0.25) is 0 Å². The predicted octanol–water partition coefficient (Wildman–Crippen LogP) is -0.331. The summed E-state index contributed by atoms with van der Waals surface area (Å²) in [7, 11) is 0. The van der Waals surface area contributed by atoms with Crippen LogP contribution in [0.25, 0.3) is 5.65 Å². The lowest BCUT2D eigenvalue weighted by atomic mass is 10.4. The van der Waals surface area contributed by atoms with E-state index in [9.17, 15) is 0 Å². The maximum atomic E-state index is 4.24. The molecule has 0 aliphatic carbocycles. The van der Waals surface area contributed by atoms with Crippen molar-refractivity contribution in [2.24, 2.45) is 0 Å². The van der Waals surface area contributed by atoms with Gasteiger partial charge in [0.1, 0.15) is 11.6 Å². The van der Waals surface area contributed by atoms with Gasteiger partial charge >= 0.3 is 0 Å². The zero-order valence-electron chi connectivity index (χ0n) is 10.1. The molecule has 0 spiro atoms. The molecule has 0 amide bonds. The zero-order chi connectivity index (χ0) is 12.7. The summed E-state index contributed by atoms with van der Waals surface area (Å²) in [6.07, 6.45) is 2.16. The Morgan fingerprint density at radius 2 is 2.21 bits per heavy atom. The number of hydrogen-bond donors (Lipinski definition) is 1. The Bertz CT molecular complexity index is 728. The maximum Gasteiger partial charge on any atom is 0.200 e. The van der Waals surface area contributed by atoms with Crippen LogP contribution in [0.3, 0.4) is 0 Å². The van der Waals surface area contributed by atoms with E-state index in [4.69, 9.17) is 0 Å². The second kappa shape index (κ2) is 3.97. The molecule has 9 heteroatoms. The molecule has 4 rings (SSSR count). The SMILES string of the molecule is c1cc2nnnn2nc1NCc1nnc2n1CCC2. The normalized spacial score (nSPS) is 13.9. The quantitative estimate of drug-likeness (QED) is 0.685. The smallest absolute Gasteiger partial charge is 0.200 e. The molecule has 19 heavy (non-hydrogen) atoms. The second-order valence-electron chi connectivity index (χ2n) is 4.39. The van der Waals surface area contributed by atoms with E-state index < -0.39 is 0 Å². The van der Waals surface area contributed by atoms with Crippen molar-refractivity contribution in [3.05, 3.63) is 23.8 Å². The Balaban J connectivity index is 1.54. The Morgan fingerprint density at radius 3 is 3.21 bits per heavy atom. The van der Waals surface area contributed by atoms with Gasteiger partial charge in [0.2, 0.25) is 0 Å². The molecular formula is C10H11N9. The fourth-order valence-electron chi connectivity index (χ4n) is 2.26. The first-order valence-corrected chi connectivity index (χ1v) is 6.10. The molecule has 1 aliphatic heterocycles. The van der Waals surface area contributed by atoms with Crippen molar-refractivity contribution in [2.75, 3.05) is 5.32 Å². The van der Waals surface area contributed by atoms with Gasteiger partial charge in [0.25, 0.3) is 0 Å². The van der Waals surface area contributed by atoms with Crippen LogP contribution in [-0.4, -0.2) is 40.0 Å². The van der Waals surface area contributed by atoms with Crippen LogP contribution in [0.2, 0.25) is 0 Å². The molecule has 0 saturated heterocycles. The number of anilines is 1. The largest absolute Gasteiger partial charge is 0.361 e. The third-order valence-electron chi connectivity index (χ3n) is 3.18. The molecule has 0 fully saturated rings. The van der Waals surface area contributed by atoms with Crippen molar-refractivity contribution < 1.29 is 0 Å².